The molecule has 0 amide bonds. The van der Waals surface area contributed by atoms with E-state index in [0.29, 0.717) is 0 Å². The first-order valence-corrected chi connectivity index (χ1v) is 8.74. The van der Waals surface area contributed by atoms with E-state index in [2.05, 4.69) is 25.0 Å². The summed E-state index contributed by atoms with van der Waals surface area (Å²) in [7, 11) is 0. The molecule has 100 valence electrons. The zero-order valence-electron chi connectivity index (χ0n) is 11.9. The molecule has 0 aromatic rings. The van der Waals surface area contributed by atoms with Crippen LogP contribution in [-0.2, 0) is 0 Å². The van der Waals surface area contributed by atoms with Crippen molar-refractivity contribution in [2.45, 2.75) is 46.0 Å². The normalized spacial score (nSPS) is 25.4. The van der Waals surface area contributed by atoms with Gasteiger partial charge in [0.15, 0.2) is 0 Å². The Kier molecular flexibility index (Phi) is 4.82. The summed E-state index contributed by atoms with van der Waals surface area (Å²) in [5, 5.41) is 0. The molecule has 0 unspecified atom stereocenters. The summed E-state index contributed by atoms with van der Waals surface area (Å²) in [6, 6.07) is 0. The highest BCUT2D eigenvalue weighted by Gasteiger charge is 2.44. The summed E-state index contributed by atoms with van der Waals surface area (Å²) in [5.41, 5.74) is 0.788. The minimum absolute atomic E-state index is 0.788. The quantitative estimate of drug-likeness (QED) is 0.733. The number of thioether (sulfide) groups is 1. The lowest BCUT2D eigenvalue weighted by Gasteiger charge is -2.52. The molecular formula is C15H29NS. The van der Waals surface area contributed by atoms with Gasteiger partial charge in [0.2, 0.25) is 0 Å². The smallest absolute Gasteiger partial charge is 0.000439 e. The zero-order chi connectivity index (χ0) is 12.3. The van der Waals surface area contributed by atoms with E-state index in [9.17, 15) is 0 Å². The summed E-state index contributed by atoms with van der Waals surface area (Å²) in [6.45, 7) is 8.73. The molecule has 17 heavy (non-hydrogen) atoms. The molecule has 1 heterocycles. The highest BCUT2D eigenvalue weighted by Crippen LogP contribution is 2.53. The van der Waals surface area contributed by atoms with Crippen molar-refractivity contribution in [3.05, 3.63) is 0 Å². The second-order valence-electron chi connectivity index (χ2n) is 6.75. The van der Waals surface area contributed by atoms with Crippen molar-refractivity contribution < 1.29 is 0 Å². The zero-order valence-corrected chi connectivity index (χ0v) is 12.7. The Labute approximate surface area is 112 Å². The standard InChI is InChI=1S/C15H29NS/c1-13(2)12-16-7-5-15(6-8-16)10-14(11-15)4-9-17-3/h13-14H,4-12H2,1-3H3. The van der Waals surface area contributed by atoms with Gasteiger partial charge in [-0.1, -0.05) is 13.8 Å². The minimum atomic E-state index is 0.788. The van der Waals surface area contributed by atoms with Gasteiger partial charge in [0.1, 0.15) is 0 Å². The highest BCUT2D eigenvalue weighted by atomic mass is 32.2. The summed E-state index contributed by atoms with van der Waals surface area (Å²) in [5.74, 6) is 3.28. The Morgan fingerprint density at radius 1 is 1.24 bits per heavy atom. The minimum Gasteiger partial charge on any atom is -0.303 e. The molecule has 1 aliphatic carbocycles. The molecular weight excluding hydrogens is 226 g/mol. The predicted octanol–water partition coefficient (Wildman–Crippen LogP) is 3.89. The van der Waals surface area contributed by atoms with Crippen LogP contribution < -0.4 is 0 Å². The molecule has 0 radical (unpaired) electrons. The van der Waals surface area contributed by atoms with E-state index in [1.54, 1.807) is 12.8 Å². The SMILES string of the molecule is CSCCC1CC2(CCN(CC(C)C)CC2)C1. The monoisotopic (exact) mass is 255 g/mol. The maximum absolute atomic E-state index is 2.69. The lowest BCUT2D eigenvalue weighted by molar-refractivity contribution is -0.0161. The average molecular weight is 255 g/mol. The first-order valence-electron chi connectivity index (χ1n) is 7.35. The maximum Gasteiger partial charge on any atom is 0.000439 e. The van der Waals surface area contributed by atoms with E-state index in [1.165, 1.54) is 44.6 Å². The van der Waals surface area contributed by atoms with Crippen LogP contribution in [0.4, 0.5) is 0 Å². The van der Waals surface area contributed by atoms with Crippen molar-refractivity contribution in [1.82, 2.24) is 4.90 Å². The second kappa shape index (κ2) is 5.97. The fraction of sp³-hybridized carbons (Fsp3) is 1.00. The van der Waals surface area contributed by atoms with Gasteiger partial charge >= 0.3 is 0 Å². The molecule has 2 heteroatoms. The van der Waals surface area contributed by atoms with Crippen molar-refractivity contribution in [2.75, 3.05) is 31.6 Å². The molecule has 1 saturated heterocycles. The molecule has 1 spiro atoms. The lowest BCUT2D eigenvalue weighted by Crippen LogP contribution is -2.47. The third-order valence-electron chi connectivity index (χ3n) is 4.71. The molecule has 2 rings (SSSR count). The van der Waals surface area contributed by atoms with E-state index >= 15 is 0 Å². The molecule has 0 aromatic heterocycles. The average Bonchev–Trinajstić information content (AvgIpc) is 2.25. The van der Waals surface area contributed by atoms with Crippen LogP contribution in [0.1, 0.15) is 46.0 Å². The summed E-state index contributed by atoms with van der Waals surface area (Å²) in [6.07, 6.45) is 9.76. The van der Waals surface area contributed by atoms with Gasteiger partial charge in [0.05, 0.1) is 0 Å². The van der Waals surface area contributed by atoms with Crippen LogP contribution in [0, 0.1) is 17.3 Å². The lowest BCUT2D eigenvalue weighted by atomic mass is 9.57. The van der Waals surface area contributed by atoms with Crippen LogP contribution in [-0.4, -0.2) is 36.5 Å². The van der Waals surface area contributed by atoms with Crippen molar-refractivity contribution in [3.8, 4) is 0 Å². The molecule has 2 aliphatic rings. The van der Waals surface area contributed by atoms with Gasteiger partial charge < -0.3 is 4.90 Å². The van der Waals surface area contributed by atoms with Crippen LogP contribution in [0.25, 0.3) is 0 Å². The Morgan fingerprint density at radius 3 is 2.41 bits per heavy atom. The Bertz CT molecular complexity index is 223. The first kappa shape index (κ1) is 13.7. The fourth-order valence-corrected chi connectivity index (χ4v) is 4.36. The van der Waals surface area contributed by atoms with Crippen molar-refractivity contribution in [2.24, 2.45) is 17.3 Å². The fourth-order valence-electron chi connectivity index (χ4n) is 3.79. The van der Waals surface area contributed by atoms with Crippen molar-refractivity contribution in [1.29, 1.82) is 0 Å². The predicted molar refractivity (Wildman–Crippen MR) is 78.7 cm³/mol. The number of hydrogen-bond acceptors (Lipinski definition) is 2. The van der Waals surface area contributed by atoms with Gasteiger partial charge in [-0.05, 0) is 74.5 Å². The largest absolute Gasteiger partial charge is 0.303 e. The van der Waals surface area contributed by atoms with Crippen LogP contribution in [0.5, 0.6) is 0 Å². The van der Waals surface area contributed by atoms with Gasteiger partial charge in [-0.3, -0.25) is 0 Å². The number of rotatable bonds is 5. The third-order valence-corrected chi connectivity index (χ3v) is 5.36. The first-order chi connectivity index (χ1) is 8.13. The summed E-state index contributed by atoms with van der Waals surface area (Å²) < 4.78 is 0. The summed E-state index contributed by atoms with van der Waals surface area (Å²) in [4.78, 5) is 2.69. The van der Waals surface area contributed by atoms with Gasteiger partial charge in [0.25, 0.3) is 0 Å². The molecule has 0 N–H and O–H groups in total. The number of nitrogens with zero attached hydrogens (tertiary/aromatic N) is 1. The number of piperidine rings is 1. The molecule has 2 fully saturated rings. The van der Waals surface area contributed by atoms with Gasteiger partial charge in [-0.15, -0.1) is 0 Å². The van der Waals surface area contributed by atoms with Crippen molar-refractivity contribution in [3.63, 3.8) is 0 Å². The maximum atomic E-state index is 2.69. The second-order valence-corrected chi connectivity index (χ2v) is 7.74. The van der Waals surface area contributed by atoms with Gasteiger partial charge in [-0.25, -0.2) is 0 Å². The molecule has 0 bridgehead atoms. The van der Waals surface area contributed by atoms with Gasteiger partial charge in [0, 0.05) is 6.54 Å². The van der Waals surface area contributed by atoms with E-state index < -0.39 is 0 Å². The van der Waals surface area contributed by atoms with E-state index in [4.69, 9.17) is 0 Å². The van der Waals surface area contributed by atoms with Gasteiger partial charge in [-0.2, -0.15) is 11.8 Å². The van der Waals surface area contributed by atoms with Crippen molar-refractivity contribution >= 4 is 11.8 Å². The number of hydrogen-bond donors (Lipinski definition) is 0. The third kappa shape index (κ3) is 3.64. The van der Waals surface area contributed by atoms with Crippen LogP contribution in [0.3, 0.4) is 0 Å². The van der Waals surface area contributed by atoms with Crippen LogP contribution in [0.15, 0.2) is 0 Å². The molecule has 1 nitrogen and oxygen atoms in total. The Morgan fingerprint density at radius 2 is 1.88 bits per heavy atom. The van der Waals surface area contributed by atoms with Crippen LogP contribution in [0.2, 0.25) is 0 Å². The Hall–Kier alpha value is 0.310. The molecule has 0 atom stereocenters. The molecule has 0 aromatic carbocycles. The Balaban J connectivity index is 1.66. The molecule has 1 saturated carbocycles. The topological polar surface area (TPSA) is 3.24 Å². The summed E-state index contributed by atoms with van der Waals surface area (Å²) >= 11 is 2.01. The van der Waals surface area contributed by atoms with E-state index in [1.807, 2.05) is 11.8 Å². The number of likely N-dealkylation sites (tertiary alicyclic amines) is 1. The van der Waals surface area contributed by atoms with E-state index in [-0.39, 0.29) is 0 Å². The van der Waals surface area contributed by atoms with Crippen LogP contribution >= 0.6 is 11.8 Å². The highest BCUT2D eigenvalue weighted by molar-refractivity contribution is 7.98. The van der Waals surface area contributed by atoms with E-state index in [0.717, 1.165) is 17.3 Å². The molecule has 1 aliphatic heterocycles.